The van der Waals surface area contributed by atoms with Crippen molar-refractivity contribution >= 4 is 103 Å². The number of nitrogens with zero attached hydrogens (tertiary/aromatic N) is 7. The van der Waals surface area contributed by atoms with Gasteiger partial charge in [0.05, 0.1) is 43.8 Å². The molecule has 0 fully saturated rings. The molecule has 4 aromatic carbocycles. The van der Waals surface area contributed by atoms with Crippen molar-refractivity contribution in [2.75, 3.05) is 50.4 Å². The van der Waals surface area contributed by atoms with Crippen LogP contribution >= 0.6 is 11.6 Å². The highest BCUT2D eigenvalue weighted by molar-refractivity contribution is 7.94. The number of halogens is 1. The highest BCUT2D eigenvalue weighted by atomic mass is 35.5. The Morgan fingerprint density at radius 1 is 0.730 bits per heavy atom. The summed E-state index contributed by atoms with van der Waals surface area (Å²) in [6.45, 7) is 3.09. The number of phenols is 2. The van der Waals surface area contributed by atoms with Gasteiger partial charge < -0.3 is 35.1 Å². The van der Waals surface area contributed by atoms with Gasteiger partial charge in [0, 0.05) is 34.9 Å². The molecule has 0 bridgehead atoms. The van der Waals surface area contributed by atoms with Gasteiger partial charge in [-0.05, 0) is 48.0 Å². The lowest BCUT2D eigenvalue weighted by Crippen LogP contribution is -2.16. The predicted octanol–water partition coefficient (Wildman–Crippen LogP) is 5.41. The van der Waals surface area contributed by atoms with Crippen molar-refractivity contribution in [2.24, 2.45) is 20.5 Å². The lowest BCUT2D eigenvalue weighted by Gasteiger charge is -2.15. The quantitative estimate of drug-likeness (QED) is 0.0309. The topological polar surface area (TPSA) is 378 Å². The van der Waals surface area contributed by atoms with Crippen LogP contribution in [0.25, 0.3) is 10.8 Å². The summed E-state index contributed by atoms with van der Waals surface area (Å²) in [5.41, 5.74) is -2.45. The maximum Gasteiger partial charge on any atom is 0.297 e. The molecule has 0 amide bonds. The van der Waals surface area contributed by atoms with Gasteiger partial charge in [-0.25, -0.2) is 8.42 Å². The van der Waals surface area contributed by atoms with Crippen molar-refractivity contribution in [2.45, 2.75) is 14.7 Å². The van der Waals surface area contributed by atoms with Gasteiger partial charge >= 0.3 is 0 Å². The highest BCUT2D eigenvalue weighted by Gasteiger charge is 2.28. The average Bonchev–Trinajstić information content (AvgIpc) is 3.19. The first-order chi connectivity index (χ1) is 29.4. The number of anilines is 3. The Kier molecular flexibility index (Phi) is 14.5. The molecular weight excluding hydrogens is 942 g/mol. The standard InChI is InChI=1S/C33H32ClN9O16S4/c1-4-60(46,47)12-11-59-10-9-35-32-37-31(34)38-33(39-32)36-20-7-6-18-19(30(20)63(54,55)56)14-27(62(51,52)53)28(29(18)45)43-41-22-16-26(58-3)25(57-2)15-21(22)40-42-23-13-17(61(48,49)50)5-8-24(23)44/h4-8,13-16,44-45H,1,9-12H2,2-3H3,(H,48,49,50)(H,51,52,53)(H,54,55,56)(H2,35,36,37,38,39). The van der Waals surface area contributed by atoms with Gasteiger partial charge in [0.25, 0.3) is 30.4 Å². The molecule has 0 aliphatic carbocycles. The summed E-state index contributed by atoms with van der Waals surface area (Å²) >= 11 is 6.04. The zero-order valence-corrected chi connectivity index (χ0v) is 36.1. The summed E-state index contributed by atoms with van der Waals surface area (Å²) in [4.78, 5) is 8.91. The second-order valence-electron chi connectivity index (χ2n) is 12.2. The Morgan fingerprint density at radius 3 is 1.94 bits per heavy atom. The Labute approximate surface area is 362 Å². The molecule has 7 N–H and O–H groups in total. The largest absolute Gasteiger partial charge is 0.506 e. The zero-order valence-electron chi connectivity index (χ0n) is 32.1. The van der Waals surface area contributed by atoms with Crippen LogP contribution in [-0.2, 0) is 44.9 Å². The summed E-state index contributed by atoms with van der Waals surface area (Å²) < 4.78 is 144. The summed E-state index contributed by atoms with van der Waals surface area (Å²) in [7, 11) is -16.5. The molecule has 63 heavy (non-hydrogen) atoms. The van der Waals surface area contributed by atoms with Crippen LogP contribution in [0, 0.1) is 0 Å². The SMILES string of the molecule is C=CS(=O)(=O)CCOCCNc1nc(Cl)nc(Nc2ccc3c(O)c(N=Nc4cc(OC)c(OC)cc4N=Nc4cc(S(=O)(=O)O)ccc4O)c(S(=O)(=O)O)cc3c2S(=O)(=O)O)n1. The summed E-state index contributed by atoms with van der Waals surface area (Å²) in [6, 6.07) is 7.62. The van der Waals surface area contributed by atoms with E-state index in [2.05, 4.69) is 52.6 Å². The van der Waals surface area contributed by atoms with Crippen molar-refractivity contribution in [3.63, 3.8) is 0 Å². The maximum absolute atomic E-state index is 12.9. The third-order valence-electron chi connectivity index (χ3n) is 8.12. The number of rotatable bonds is 19. The Hall–Kier alpha value is -6.18. The molecule has 30 heteroatoms. The number of azo groups is 2. The molecule has 5 aromatic rings. The van der Waals surface area contributed by atoms with Gasteiger partial charge in [-0.1, -0.05) is 6.58 Å². The molecule has 25 nitrogen and oxygen atoms in total. The molecule has 336 valence electrons. The fourth-order valence-corrected chi connectivity index (χ4v) is 7.91. The van der Waals surface area contributed by atoms with Crippen LogP contribution < -0.4 is 20.1 Å². The molecule has 1 aromatic heterocycles. The molecule has 0 saturated carbocycles. The van der Waals surface area contributed by atoms with Gasteiger partial charge in [0.15, 0.2) is 27.1 Å². The number of fused-ring (bicyclic) bond motifs is 1. The first-order valence-corrected chi connectivity index (χ1v) is 23.4. The van der Waals surface area contributed by atoms with Crippen molar-refractivity contribution in [3.8, 4) is 23.0 Å². The molecule has 0 unspecified atom stereocenters. The van der Waals surface area contributed by atoms with Gasteiger partial charge in [-0.3, -0.25) is 13.7 Å². The van der Waals surface area contributed by atoms with E-state index in [0.717, 1.165) is 41.8 Å². The minimum Gasteiger partial charge on any atom is -0.506 e. The van der Waals surface area contributed by atoms with E-state index in [1.54, 1.807) is 0 Å². The molecule has 0 spiro atoms. The first-order valence-electron chi connectivity index (χ1n) is 17.0. The number of benzene rings is 4. The average molecular weight is 974 g/mol. The first kappa shape index (κ1) is 47.9. The van der Waals surface area contributed by atoms with Crippen molar-refractivity contribution in [1.82, 2.24) is 15.0 Å². The Bertz CT molecular complexity index is 3140. The van der Waals surface area contributed by atoms with Crippen LogP contribution in [0.4, 0.5) is 40.3 Å². The van der Waals surface area contributed by atoms with Crippen LogP contribution in [0.1, 0.15) is 0 Å². The molecular formula is C33H32ClN9O16S4. The summed E-state index contributed by atoms with van der Waals surface area (Å²) in [5, 5.41) is 41.7. The molecule has 5 rings (SSSR count). The number of ether oxygens (including phenoxy) is 3. The molecule has 0 saturated heterocycles. The van der Waals surface area contributed by atoms with E-state index in [9.17, 15) is 57.5 Å². The van der Waals surface area contributed by atoms with Crippen LogP contribution in [0.5, 0.6) is 23.0 Å². The van der Waals surface area contributed by atoms with E-state index in [1.807, 2.05) is 0 Å². The normalized spacial score (nSPS) is 12.5. The van der Waals surface area contributed by atoms with Crippen LogP contribution in [0.15, 0.2) is 95.7 Å². The van der Waals surface area contributed by atoms with E-state index in [1.165, 1.54) is 20.3 Å². The smallest absolute Gasteiger partial charge is 0.297 e. The number of methoxy groups -OCH3 is 2. The van der Waals surface area contributed by atoms with Crippen molar-refractivity contribution < 1.29 is 71.8 Å². The van der Waals surface area contributed by atoms with Crippen molar-refractivity contribution in [1.29, 1.82) is 0 Å². The Morgan fingerprint density at radius 2 is 1.35 bits per heavy atom. The summed E-state index contributed by atoms with van der Waals surface area (Å²) in [5.74, 6) is -2.48. The van der Waals surface area contributed by atoms with E-state index in [-0.39, 0.29) is 54.3 Å². The van der Waals surface area contributed by atoms with E-state index >= 15 is 0 Å². The molecule has 0 radical (unpaired) electrons. The maximum atomic E-state index is 12.9. The second kappa shape index (κ2) is 19.1. The zero-order chi connectivity index (χ0) is 46.5. The highest BCUT2D eigenvalue weighted by Crippen LogP contribution is 2.47. The number of aromatic nitrogens is 3. The van der Waals surface area contributed by atoms with Gasteiger partial charge in [-0.15, -0.1) is 20.5 Å². The lowest BCUT2D eigenvalue weighted by atomic mass is 10.1. The third kappa shape index (κ3) is 11.8. The van der Waals surface area contributed by atoms with Crippen LogP contribution in [0.3, 0.4) is 0 Å². The number of hydrogen-bond donors (Lipinski definition) is 7. The fourth-order valence-electron chi connectivity index (χ4n) is 5.24. The van der Waals surface area contributed by atoms with E-state index in [4.69, 9.17) is 25.8 Å². The van der Waals surface area contributed by atoms with Gasteiger partial charge in [0.2, 0.25) is 17.2 Å². The third-order valence-corrected chi connectivity index (χ3v) is 12.2. The monoisotopic (exact) mass is 973 g/mol. The van der Waals surface area contributed by atoms with Crippen molar-refractivity contribution in [3.05, 3.63) is 65.8 Å². The van der Waals surface area contributed by atoms with Crippen LogP contribution in [-0.4, -0.2) is 112 Å². The molecule has 0 atom stereocenters. The van der Waals surface area contributed by atoms with E-state index in [0.29, 0.717) is 6.07 Å². The number of phenolic OH excluding ortho intramolecular Hbond substituents is 2. The minimum atomic E-state index is -5.42. The molecule has 0 aliphatic heterocycles. The lowest BCUT2D eigenvalue weighted by molar-refractivity contribution is 0.159. The number of sulfone groups is 1. The van der Waals surface area contributed by atoms with E-state index < -0.39 is 105 Å². The Balaban J connectivity index is 1.57. The fraction of sp³-hybridized carbons (Fsp3) is 0.182. The molecule has 0 aliphatic rings. The predicted molar refractivity (Wildman–Crippen MR) is 222 cm³/mol. The van der Waals surface area contributed by atoms with Gasteiger partial charge in [0.1, 0.15) is 38.3 Å². The number of aromatic hydroxyl groups is 2. The summed E-state index contributed by atoms with van der Waals surface area (Å²) in [6.07, 6.45) is 0. The molecule has 1 heterocycles. The van der Waals surface area contributed by atoms with Crippen LogP contribution in [0.2, 0.25) is 5.28 Å². The number of nitrogens with one attached hydrogen (secondary N) is 2. The second-order valence-corrected chi connectivity index (χ2v) is 18.8. The minimum absolute atomic E-state index is 0.00277. The number of hydrogen-bond acceptors (Lipinski definition) is 22. The van der Waals surface area contributed by atoms with Gasteiger partial charge in [-0.2, -0.15) is 40.2 Å².